The van der Waals surface area contributed by atoms with Gasteiger partial charge in [-0.2, -0.15) is 12.7 Å². The molecule has 0 aromatic rings. The van der Waals surface area contributed by atoms with E-state index in [0.717, 1.165) is 10.7 Å². The van der Waals surface area contributed by atoms with Crippen LogP contribution in [0.5, 0.6) is 0 Å². The largest absolute Gasteiger partial charge is 0.278 e. The first-order valence-corrected chi connectivity index (χ1v) is 6.10. The van der Waals surface area contributed by atoms with Crippen LogP contribution in [0.15, 0.2) is 0 Å². The lowest BCUT2D eigenvalue weighted by Crippen LogP contribution is -2.37. The second-order valence-electron chi connectivity index (χ2n) is 3.22. The smallest absolute Gasteiger partial charge is 0.202 e. The quantitative estimate of drug-likeness (QED) is 0.679. The molecular weight excluding hydrogens is 212 g/mol. The molecule has 0 aliphatic rings. The molecule has 0 radical (unpaired) electrons. The van der Waals surface area contributed by atoms with Crippen LogP contribution in [0.25, 0.3) is 0 Å². The fourth-order valence-corrected chi connectivity index (χ4v) is 1.79. The minimum atomic E-state index is -3.27. The summed E-state index contributed by atoms with van der Waals surface area (Å²) in [7, 11) is -0.282. The third kappa shape index (κ3) is 5.46. The summed E-state index contributed by atoms with van der Waals surface area (Å²) in [5.41, 5.74) is 0. The minimum absolute atomic E-state index is 0.271. The van der Waals surface area contributed by atoms with E-state index in [2.05, 4.69) is 4.72 Å². The van der Waals surface area contributed by atoms with Crippen LogP contribution in [0.2, 0.25) is 0 Å². The van der Waals surface area contributed by atoms with Crippen molar-refractivity contribution in [2.45, 2.75) is 13.3 Å². The molecular formula is C7H17ClN2O2S. The van der Waals surface area contributed by atoms with Crippen molar-refractivity contribution in [2.75, 3.05) is 26.5 Å². The van der Waals surface area contributed by atoms with E-state index in [1.807, 2.05) is 6.92 Å². The predicted octanol–water partition coefficient (Wildman–Crippen LogP) is 0.647. The maximum atomic E-state index is 11.2. The minimum Gasteiger partial charge on any atom is -0.202 e. The number of rotatable bonds is 6. The molecule has 0 bridgehead atoms. The van der Waals surface area contributed by atoms with Crippen molar-refractivity contribution in [1.29, 1.82) is 0 Å². The third-order valence-corrected chi connectivity index (χ3v) is 3.41. The number of nitrogens with one attached hydrogen (secondary N) is 1. The van der Waals surface area contributed by atoms with Gasteiger partial charge in [-0.3, -0.25) is 0 Å². The van der Waals surface area contributed by atoms with Crippen molar-refractivity contribution < 1.29 is 8.42 Å². The van der Waals surface area contributed by atoms with Crippen LogP contribution in [0.4, 0.5) is 0 Å². The highest BCUT2D eigenvalue weighted by Crippen LogP contribution is 2.02. The maximum Gasteiger partial charge on any atom is 0.278 e. The van der Waals surface area contributed by atoms with Crippen LogP contribution in [0, 0.1) is 5.92 Å². The Balaban J connectivity index is 3.89. The Labute approximate surface area is 85.4 Å². The molecule has 0 aliphatic heterocycles. The molecule has 0 heterocycles. The molecule has 0 aromatic heterocycles. The van der Waals surface area contributed by atoms with E-state index >= 15 is 0 Å². The van der Waals surface area contributed by atoms with Gasteiger partial charge in [-0.15, -0.1) is 11.6 Å². The molecule has 0 fully saturated rings. The van der Waals surface area contributed by atoms with E-state index in [1.54, 1.807) is 0 Å². The summed E-state index contributed by atoms with van der Waals surface area (Å²) in [6, 6.07) is 0. The number of nitrogens with zero attached hydrogens (tertiary/aromatic N) is 1. The van der Waals surface area contributed by atoms with E-state index in [4.69, 9.17) is 11.6 Å². The Kier molecular flexibility index (Phi) is 5.87. The Bertz CT molecular complexity index is 229. The van der Waals surface area contributed by atoms with Crippen LogP contribution < -0.4 is 4.72 Å². The highest BCUT2D eigenvalue weighted by Gasteiger charge is 2.13. The van der Waals surface area contributed by atoms with Crippen LogP contribution in [0.1, 0.15) is 13.3 Å². The lowest BCUT2D eigenvalue weighted by molar-refractivity contribution is 0.484. The Morgan fingerprint density at radius 3 is 2.38 bits per heavy atom. The highest BCUT2D eigenvalue weighted by molar-refractivity contribution is 7.87. The first kappa shape index (κ1) is 13.2. The van der Waals surface area contributed by atoms with Crippen molar-refractivity contribution in [2.24, 2.45) is 5.92 Å². The maximum absolute atomic E-state index is 11.2. The number of hydrogen-bond acceptors (Lipinski definition) is 2. The Hall–Kier alpha value is 0.160. The van der Waals surface area contributed by atoms with Gasteiger partial charge in [0.05, 0.1) is 0 Å². The number of alkyl halides is 1. The lowest BCUT2D eigenvalue weighted by atomic mass is 10.1. The van der Waals surface area contributed by atoms with E-state index < -0.39 is 10.2 Å². The molecule has 1 atom stereocenters. The first-order chi connectivity index (χ1) is 5.90. The van der Waals surface area contributed by atoms with Gasteiger partial charge in [0.15, 0.2) is 0 Å². The van der Waals surface area contributed by atoms with E-state index in [-0.39, 0.29) is 5.92 Å². The van der Waals surface area contributed by atoms with Gasteiger partial charge in [0, 0.05) is 26.5 Å². The fraction of sp³-hybridized carbons (Fsp3) is 1.00. The molecule has 0 saturated heterocycles. The van der Waals surface area contributed by atoms with Crippen molar-refractivity contribution in [3.63, 3.8) is 0 Å². The van der Waals surface area contributed by atoms with Crippen molar-refractivity contribution in [3.05, 3.63) is 0 Å². The van der Waals surface area contributed by atoms with Gasteiger partial charge < -0.3 is 0 Å². The molecule has 0 spiro atoms. The molecule has 0 amide bonds. The van der Waals surface area contributed by atoms with Gasteiger partial charge in [0.1, 0.15) is 0 Å². The van der Waals surface area contributed by atoms with Gasteiger partial charge in [-0.05, 0) is 12.3 Å². The zero-order valence-electron chi connectivity index (χ0n) is 8.25. The summed E-state index contributed by atoms with van der Waals surface area (Å²) >= 11 is 5.52. The molecule has 6 heteroatoms. The van der Waals surface area contributed by atoms with Gasteiger partial charge in [0.2, 0.25) is 0 Å². The summed E-state index contributed by atoms with van der Waals surface area (Å²) in [5, 5.41) is 0. The number of hydrogen-bond donors (Lipinski definition) is 1. The fourth-order valence-electron chi connectivity index (χ4n) is 0.665. The average Bonchev–Trinajstić information content (AvgIpc) is 2.01. The summed E-state index contributed by atoms with van der Waals surface area (Å²) in [6.07, 6.45) is 0.817. The molecule has 1 N–H and O–H groups in total. The van der Waals surface area contributed by atoms with Crippen LogP contribution >= 0.6 is 11.6 Å². The highest BCUT2D eigenvalue weighted by atomic mass is 35.5. The molecule has 0 rings (SSSR count). The molecule has 80 valence electrons. The average molecular weight is 229 g/mol. The topological polar surface area (TPSA) is 49.4 Å². The lowest BCUT2D eigenvalue weighted by Gasteiger charge is -2.15. The molecule has 0 aromatic carbocycles. The van der Waals surface area contributed by atoms with Gasteiger partial charge >= 0.3 is 0 Å². The van der Waals surface area contributed by atoms with Gasteiger partial charge in [-0.1, -0.05) is 6.92 Å². The van der Waals surface area contributed by atoms with Gasteiger partial charge in [0.25, 0.3) is 10.2 Å². The summed E-state index contributed by atoms with van der Waals surface area (Å²) in [4.78, 5) is 0. The summed E-state index contributed by atoms with van der Waals surface area (Å²) in [5.74, 6) is 0.831. The molecule has 0 aliphatic carbocycles. The van der Waals surface area contributed by atoms with Crippen LogP contribution in [-0.2, 0) is 10.2 Å². The SMILES string of the molecule is CC(CCCl)CNS(=O)(=O)N(C)C. The second kappa shape index (κ2) is 5.80. The van der Waals surface area contributed by atoms with E-state index in [1.165, 1.54) is 14.1 Å². The van der Waals surface area contributed by atoms with Crippen LogP contribution in [-0.4, -0.2) is 39.2 Å². The second-order valence-corrected chi connectivity index (χ2v) is 5.57. The summed E-state index contributed by atoms with van der Waals surface area (Å²) in [6.45, 7) is 2.40. The number of halogens is 1. The van der Waals surface area contributed by atoms with Crippen molar-refractivity contribution in [1.82, 2.24) is 9.03 Å². The normalized spacial score (nSPS) is 14.8. The Morgan fingerprint density at radius 2 is 2.00 bits per heavy atom. The van der Waals surface area contributed by atoms with E-state index in [9.17, 15) is 8.42 Å². The van der Waals surface area contributed by atoms with Crippen molar-refractivity contribution >= 4 is 21.8 Å². The zero-order valence-corrected chi connectivity index (χ0v) is 9.82. The molecule has 4 nitrogen and oxygen atoms in total. The molecule has 0 saturated carbocycles. The first-order valence-electron chi connectivity index (χ1n) is 4.13. The molecule has 13 heavy (non-hydrogen) atoms. The summed E-state index contributed by atoms with van der Waals surface area (Å²) < 4.78 is 26.1. The van der Waals surface area contributed by atoms with Gasteiger partial charge in [-0.25, -0.2) is 4.72 Å². The molecule has 1 unspecified atom stereocenters. The Morgan fingerprint density at radius 1 is 1.46 bits per heavy atom. The zero-order chi connectivity index (χ0) is 10.5. The standard InChI is InChI=1S/C7H17ClN2O2S/c1-7(4-5-8)6-9-13(11,12)10(2)3/h7,9H,4-6H2,1-3H3. The van der Waals surface area contributed by atoms with Crippen molar-refractivity contribution in [3.8, 4) is 0 Å². The predicted molar refractivity (Wildman–Crippen MR) is 55.1 cm³/mol. The third-order valence-electron chi connectivity index (χ3n) is 1.70. The monoisotopic (exact) mass is 228 g/mol. The van der Waals surface area contributed by atoms with Crippen LogP contribution in [0.3, 0.4) is 0 Å². The van der Waals surface area contributed by atoms with E-state index in [0.29, 0.717) is 12.4 Å².